The van der Waals surface area contributed by atoms with Crippen LogP contribution in [0.1, 0.15) is 51.6 Å². The molecule has 0 saturated carbocycles. The molecule has 4 N–H and O–H groups in total. The summed E-state index contributed by atoms with van der Waals surface area (Å²) in [6.07, 6.45) is 18.2. The highest BCUT2D eigenvalue weighted by Gasteiger charge is 2.46. The number of nitrogens with zero attached hydrogens (tertiary/aromatic N) is 2. The zero-order chi connectivity index (χ0) is 22.8. The summed E-state index contributed by atoms with van der Waals surface area (Å²) in [7, 11) is 0. The summed E-state index contributed by atoms with van der Waals surface area (Å²) < 4.78 is 0.196. The largest absolute Gasteiger partial charge is 0.437 e. The van der Waals surface area contributed by atoms with Crippen LogP contribution in [0.4, 0.5) is 4.79 Å². The predicted molar refractivity (Wildman–Crippen MR) is 125 cm³/mol. The highest BCUT2D eigenvalue weighted by atomic mass is 16.2. The number of amides is 3. The molecule has 0 bridgehead atoms. The van der Waals surface area contributed by atoms with E-state index in [1.807, 2.05) is 0 Å². The zero-order valence-corrected chi connectivity index (χ0v) is 19.4. The maximum atomic E-state index is 13.7. The first-order chi connectivity index (χ1) is 15.6. The van der Waals surface area contributed by atoms with Gasteiger partial charge in [0.2, 0.25) is 6.41 Å². The lowest BCUT2D eigenvalue weighted by atomic mass is 9.82. The lowest BCUT2D eigenvalue weighted by Crippen LogP contribution is -2.71. The standard InChI is InChI=1S/C24H38N6O2/c1-3-5-8-19(4-2)14-28-30(12-11-20-9-6-7-10-21(20)16-30)24(32)29-23(27-18-31)13-22-15-25-17-26-22/h6-7,9-10,15,17-21,23,28H,3-5,8,11-14,16H2,1-2H3,(H2-,25,26,27,29,31,32)/p+1. The number of urea groups is 1. The number of carbonyl (C=O) groups excluding carboxylic acids is 2. The fourth-order valence-electron chi connectivity index (χ4n) is 4.80. The molecule has 176 valence electrons. The number of aromatic amines is 1. The van der Waals surface area contributed by atoms with Crippen LogP contribution >= 0.6 is 0 Å². The number of hydrogen-bond donors (Lipinski definition) is 4. The van der Waals surface area contributed by atoms with Crippen molar-refractivity contribution < 1.29 is 14.2 Å². The molecule has 0 aromatic carbocycles. The van der Waals surface area contributed by atoms with Gasteiger partial charge in [0.1, 0.15) is 19.3 Å². The zero-order valence-electron chi connectivity index (χ0n) is 19.4. The molecule has 0 radical (unpaired) electrons. The number of hydrogen-bond acceptors (Lipinski definition) is 4. The molecule has 3 rings (SSSR count). The number of quaternary nitrogens is 1. The van der Waals surface area contributed by atoms with Crippen LogP contribution in [0.3, 0.4) is 0 Å². The fraction of sp³-hybridized carbons (Fsp3) is 0.625. The van der Waals surface area contributed by atoms with Gasteiger partial charge in [0, 0.05) is 37.2 Å². The Morgan fingerprint density at radius 3 is 2.81 bits per heavy atom. The molecule has 1 saturated heterocycles. The molecule has 8 nitrogen and oxygen atoms in total. The number of nitrogens with one attached hydrogen (secondary N) is 4. The molecule has 5 atom stereocenters. The lowest BCUT2D eigenvalue weighted by Gasteiger charge is -2.44. The lowest BCUT2D eigenvalue weighted by molar-refractivity contribution is -0.904. The van der Waals surface area contributed by atoms with E-state index in [1.54, 1.807) is 12.5 Å². The molecule has 2 heterocycles. The van der Waals surface area contributed by atoms with Crippen LogP contribution in [0.5, 0.6) is 0 Å². The van der Waals surface area contributed by atoms with Crippen molar-refractivity contribution in [3.05, 3.63) is 42.5 Å². The summed E-state index contributed by atoms with van der Waals surface area (Å²) in [6, 6.07) is -0.0874. The van der Waals surface area contributed by atoms with Crippen molar-refractivity contribution in [2.75, 3.05) is 19.6 Å². The number of unbranched alkanes of at least 4 members (excludes halogenated alkanes) is 1. The van der Waals surface area contributed by atoms with Gasteiger partial charge >= 0.3 is 6.03 Å². The second-order valence-electron chi connectivity index (χ2n) is 9.11. The number of piperidine rings is 1. The number of fused-ring (bicyclic) bond motifs is 1. The molecule has 32 heavy (non-hydrogen) atoms. The first kappa shape index (κ1) is 24.2. The van der Waals surface area contributed by atoms with E-state index < -0.39 is 6.17 Å². The number of allylic oxidation sites excluding steroid dienone is 3. The van der Waals surface area contributed by atoms with E-state index in [-0.39, 0.29) is 10.6 Å². The molecule has 1 aliphatic heterocycles. The van der Waals surface area contributed by atoms with Crippen LogP contribution in [0.25, 0.3) is 0 Å². The molecule has 0 spiro atoms. The summed E-state index contributed by atoms with van der Waals surface area (Å²) >= 11 is 0. The summed E-state index contributed by atoms with van der Waals surface area (Å²) in [4.78, 5) is 32.0. The predicted octanol–water partition coefficient (Wildman–Crippen LogP) is 3.03. The molecular weight excluding hydrogens is 404 g/mol. The minimum absolute atomic E-state index is 0.0874. The van der Waals surface area contributed by atoms with E-state index in [2.05, 4.69) is 64.2 Å². The molecule has 1 fully saturated rings. The first-order valence-corrected chi connectivity index (χ1v) is 12.1. The highest BCUT2D eigenvalue weighted by Crippen LogP contribution is 2.32. The van der Waals surface area contributed by atoms with Gasteiger partial charge in [-0.1, -0.05) is 57.4 Å². The van der Waals surface area contributed by atoms with Crippen LogP contribution in [0, 0.1) is 17.8 Å². The van der Waals surface area contributed by atoms with Gasteiger partial charge in [-0.15, -0.1) is 0 Å². The SMILES string of the molecule is CCCCC(CC)CN[N+]1(C(=O)NC(Cc2cnc[nH]2)NC=O)CCC2C=CC=CC2C1. The van der Waals surface area contributed by atoms with Gasteiger partial charge in [-0.3, -0.25) is 10.1 Å². The quantitative estimate of drug-likeness (QED) is 0.227. The number of likely N-dealkylation sites (tertiary alicyclic amines) is 1. The maximum absolute atomic E-state index is 13.7. The highest BCUT2D eigenvalue weighted by molar-refractivity contribution is 5.67. The Morgan fingerprint density at radius 2 is 2.12 bits per heavy atom. The van der Waals surface area contributed by atoms with E-state index in [9.17, 15) is 9.59 Å². The third-order valence-electron chi connectivity index (χ3n) is 6.90. The number of aromatic nitrogens is 2. The molecule has 1 aromatic rings. The van der Waals surface area contributed by atoms with Crippen LogP contribution < -0.4 is 16.1 Å². The molecule has 1 aliphatic carbocycles. The van der Waals surface area contributed by atoms with Gasteiger partial charge in [0.05, 0.1) is 6.33 Å². The van der Waals surface area contributed by atoms with Crippen LogP contribution in [0.15, 0.2) is 36.8 Å². The summed E-state index contributed by atoms with van der Waals surface area (Å²) in [6.45, 7) is 6.69. The molecule has 2 aliphatic rings. The van der Waals surface area contributed by atoms with Crippen LogP contribution in [-0.2, 0) is 11.2 Å². The molecule has 3 amide bonds. The topological polar surface area (TPSA) is 98.9 Å². The average molecular weight is 444 g/mol. The minimum atomic E-state index is -0.501. The normalized spacial score (nSPS) is 26.2. The Kier molecular flexibility index (Phi) is 9.05. The van der Waals surface area contributed by atoms with E-state index in [0.717, 1.165) is 31.6 Å². The average Bonchev–Trinajstić information content (AvgIpc) is 3.32. The summed E-state index contributed by atoms with van der Waals surface area (Å²) in [5.41, 5.74) is 4.52. The third kappa shape index (κ3) is 6.29. The van der Waals surface area contributed by atoms with Crippen molar-refractivity contribution in [3.63, 3.8) is 0 Å². The monoisotopic (exact) mass is 443 g/mol. The second-order valence-corrected chi connectivity index (χ2v) is 9.11. The number of rotatable bonds is 12. The van der Waals surface area contributed by atoms with Crippen molar-refractivity contribution in [2.45, 2.75) is 58.5 Å². The Bertz CT molecular complexity index is 777. The number of carbonyl (C=O) groups is 2. The van der Waals surface area contributed by atoms with Gasteiger partial charge in [-0.05, 0) is 18.3 Å². The Hall–Kier alpha value is -2.45. The van der Waals surface area contributed by atoms with Crippen molar-refractivity contribution in [2.24, 2.45) is 17.8 Å². The van der Waals surface area contributed by atoms with Crippen LogP contribution in [0.2, 0.25) is 0 Å². The molecule has 5 unspecified atom stereocenters. The van der Waals surface area contributed by atoms with Gasteiger partial charge in [-0.2, -0.15) is 10.0 Å². The van der Waals surface area contributed by atoms with Gasteiger partial charge in [0.25, 0.3) is 0 Å². The van der Waals surface area contributed by atoms with E-state index >= 15 is 0 Å². The van der Waals surface area contributed by atoms with Crippen molar-refractivity contribution >= 4 is 12.4 Å². The third-order valence-corrected chi connectivity index (χ3v) is 6.90. The smallest absolute Gasteiger partial charge is 0.348 e. The second kappa shape index (κ2) is 12.0. The number of imidazole rings is 1. The minimum Gasteiger partial charge on any atom is -0.348 e. The van der Waals surface area contributed by atoms with Crippen molar-refractivity contribution in [1.82, 2.24) is 26.0 Å². The molecule has 1 aromatic heterocycles. The van der Waals surface area contributed by atoms with Crippen LogP contribution in [-0.4, -0.2) is 52.8 Å². The Morgan fingerprint density at radius 1 is 1.31 bits per heavy atom. The molecule has 8 heteroatoms. The van der Waals surface area contributed by atoms with E-state index in [4.69, 9.17) is 0 Å². The number of H-pyrrole nitrogens is 1. The van der Waals surface area contributed by atoms with Crippen molar-refractivity contribution in [1.29, 1.82) is 0 Å². The Balaban J connectivity index is 1.74. The maximum Gasteiger partial charge on any atom is 0.437 e. The van der Waals surface area contributed by atoms with Gasteiger partial charge in [-0.25, -0.2) is 9.78 Å². The van der Waals surface area contributed by atoms with Gasteiger partial charge < -0.3 is 10.3 Å². The summed E-state index contributed by atoms with van der Waals surface area (Å²) in [5.74, 6) is 1.36. The van der Waals surface area contributed by atoms with Crippen molar-refractivity contribution in [3.8, 4) is 0 Å². The fourth-order valence-corrected chi connectivity index (χ4v) is 4.80. The van der Waals surface area contributed by atoms with E-state index in [0.29, 0.717) is 37.1 Å². The first-order valence-electron chi connectivity index (χ1n) is 12.1. The van der Waals surface area contributed by atoms with Gasteiger partial charge in [0.15, 0.2) is 0 Å². The van der Waals surface area contributed by atoms with E-state index in [1.165, 1.54) is 19.3 Å². The molecular formula is C24H39N6O2+. The summed E-state index contributed by atoms with van der Waals surface area (Å²) in [5, 5.41) is 5.83. The Labute approximate surface area is 191 Å².